The number of hydrogen-bond donors (Lipinski definition) is 2. The van der Waals surface area contributed by atoms with Gasteiger partial charge in [-0.2, -0.15) is 5.26 Å². The van der Waals surface area contributed by atoms with E-state index in [0.29, 0.717) is 10.9 Å². The molecule has 0 aliphatic rings. The lowest BCUT2D eigenvalue weighted by atomic mass is 10.0. The number of aliphatic imine (C=N–C) groups is 1. The summed E-state index contributed by atoms with van der Waals surface area (Å²) in [7, 11) is 0. The van der Waals surface area contributed by atoms with E-state index in [0.717, 1.165) is 5.56 Å². The largest absolute Gasteiger partial charge is 0.508 e. The van der Waals surface area contributed by atoms with Crippen LogP contribution in [0.4, 0.5) is 5.69 Å². The van der Waals surface area contributed by atoms with Gasteiger partial charge in [0.1, 0.15) is 5.75 Å². The van der Waals surface area contributed by atoms with Crippen LogP contribution in [-0.4, -0.2) is 16.5 Å². The highest BCUT2D eigenvalue weighted by Gasteiger charge is 2.06. The molecular formula is C12H15N3OS. The molecule has 1 aromatic rings. The molecule has 0 spiro atoms. The van der Waals surface area contributed by atoms with E-state index in [4.69, 9.17) is 5.26 Å². The fourth-order valence-corrected chi connectivity index (χ4v) is 1.72. The molecule has 5 heteroatoms. The van der Waals surface area contributed by atoms with Crippen LogP contribution < -0.4 is 5.32 Å². The molecule has 2 N–H and O–H groups in total. The zero-order chi connectivity index (χ0) is 12.8. The SMILES string of the molecule is CSC(=Nc1ccc(C(C)C)c(O)c1)NC#N. The second kappa shape index (κ2) is 6.16. The molecule has 0 atom stereocenters. The molecule has 1 rings (SSSR count). The number of phenolic OH excluding ortho intramolecular Hbond substituents is 1. The van der Waals surface area contributed by atoms with E-state index < -0.39 is 0 Å². The number of nitrogens with one attached hydrogen (secondary N) is 1. The first kappa shape index (κ1) is 13.4. The third-order valence-electron chi connectivity index (χ3n) is 2.22. The van der Waals surface area contributed by atoms with Crippen molar-refractivity contribution in [2.75, 3.05) is 6.26 Å². The maximum atomic E-state index is 9.82. The predicted octanol–water partition coefficient (Wildman–Crippen LogP) is 2.94. The maximum Gasteiger partial charge on any atom is 0.183 e. The standard InChI is InChI=1S/C12H15N3OS/c1-8(2)10-5-4-9(6-11(10)16)15-12(17-3)14-7-13/h4-6,8,16H,1-3H3,(H,14,15). The minimum atomic E-state index is 0.235. The highest BCUT2D eigenvalue weighted by atomic mass is 32.2. The molecule has 0 aromatic heterocycles. The quantitative estimate of drug-likeness (QED) is 0.366. The predicted molar refractivity (Wildman–Crippen MR) is 71.6 cm³/mol. The third-order valence-corrected chi connectivity index (χ3v) is 2.80. The summed E-state index contributed by atoms with van der Waals surface area (Å²) in [5.74, 6) is 0.504. The number of amidine groups is 1. The van der Waals surface area contributed by atoms with Crippen molar-refractivity contribution in [2.24, 2.45) is 4.99 Å². The Balaban J connectivity index is 3.02. The number of phenols is 1. The van der Waals surface area contributed by atoms with Crippen molar-refractivity contribution < 1.29 is 5.11 Å². The Morgan fingerprint density at radius 2 is 2.24 bits per heavy atom. The van der Waals surface area contributed by atoms with Crippen molar-refractivity contribution in [3.63, 3.8) is 0 Å². The molecule has 0 heterocycles. The first-order valence-electron chi connectivity index (χ1n) is 5.19. The fourth-order valence-electron chi connectivity index (χ4n) is 1.38. The zero-order valence-corrected chi connectivity index (χ0v) is 10.9. The van der Waals surface area contributed by atoms with Gasteiger partial charge in [-0.25, -0.2) is 4.99 Å². The van der Waals surface area contributed by atoms with Gasteiger partial charge >= 0.3 is 0 Å². The van der Waals surface area contributed by atoms with E-state index in [2.05, 4.69) is 10.3 Å². The van der Waals surface area contributed by atoms with Gasteiger partial charge in [0, 0.05) is 6.07 Å². The average molecular weight is 249 g/mol. The van der Waals surface area contributed by atoms with E-state index in [1.165, 1.54) is 11.8 Å². The van der Waals surface area contributed by atoms with E-state index in [1.807, 2.05) is 38.4 Å². The number of thioether (sulfide) groups is 1. The topological polar surface area (TPSA) is 68.4 Å². The summed E-state index contributed by atoms with van der Waals surface area (Å²) in [6, 6.07) is 5.28. The van der Waals surface area contributed by atoms with Crippen molar-refractivity contribution in [1.82, 2.24) is 5.32 Å². The van der Waals surface area contributed by atoms with Gasteiger partial charge in [-0.3, -0.25) is 5.32 Å². The number of nitrogens with zero attached hydrogens (tertiary/aromatic N) is 2. The smallest absolute Gasteiger partial charge is 0.183 e. The second-order valence-corrected chi connectivity index (χ2v) is 4.55. The van der Waals surface area contributed by atoms with Crippen LogP contribution in [0.2, 0.25) is 0 Å². The number of hydrogen-bond acceptors (Lipinski definition) is 4. The Morgan fingerprint density at radius 1 is 1.53 bits per heavy atom. The van der Waals surface area contributed by atoms with Gasteiger partial charge in [0.2, 0.25) is 0 Å². The molecule has 0 fully saturated rings. The van der Waals surface area contributed by atoms with E-state index in [-0.39, 0.29) is 11.7 Å². The highest BCUT2D eigenvalue weighted by molar-refractivity contribution is 8.13. The first-order chi connectivity index (χ1) is 8.08. The van der Waals surface area contributed by atoms with Crippen LogP contribution in [0.25, 0.3) is 0 Å². The summed E-state index contributed by atoms with van der Waals surface area (Å²) in [6.07, 6.45) is 3.64. The van der Waals surface area contributed by atoms with Crippen LogP contribution in [0.5, 0.6) is 5.75 Å². The Kier molecular flexibility index (Phi) is 4.85. The molecule has 0 saturated carbocycles. The molecule has 0 aliphatic carbocycles. The van der Waals surface area contributed by atoms with Gasteiger partial charge < -0.3 is 5.11 Å². The molecule has 0 saturated heterocycles. The summed E-state index contributed by atoms with van der Waals surface area (Å²) in [4.78, 5) is 4.21. The summed E-state index contributed by atoms with van der Waals surface area (Å²) in [6.45, 7) is 4.03. The van der Waals surface area contributed by atoms with E-state index >= 15 is 0 Å². The molecule has 0 aliphatic heterocycles. The van der Waals surface area contributed by atoms with Crippen LogP contribution in [0, 0.1) is 11.5 Å². The van der Waals surface area contributed by atoms with Gasteiger partial charge in [-0.15, -0.1) is 0 Å². The Labute approximate surface area is 105 Å². The molecule has 0 amide bonds. The van der Waals surface area contributed by atoms with Crippen molar-refractivity contribution >= 4 is 22.6 Å². The van der Waals surface area contributed by atoms with Gasteiger partial charge in [-0.1, -0.05) is 31.7 Å². The van der Waals surface area contributed by atoms with Crippen molar-refractivity contribution in [2.45, 2.75) is 19.8 Å². The Morgan fingerprint density at radius 3 is 2.71 bits per heavy atom. The normalized spacial score (nSPS) is 11.4. The van der Waals surface area contributed by atoms with Crippen LogP contribution in [-0.2, 0) is 0 Å². The molecule has 0 radical (unpaired) electrons. The lowest BCUT2D eigenvalue weighted by molar-refractivity contribution is 0.465. The monoisotopic (exact) mass is 249 g/mol. The van der Waals surface area contributed by atoms with Crippen LogP contribution in [0.3, 0.4) is 0 Å². The second-order valence-electron chi connectivity index (χ2n) is 3.76. The van der Waals surface area contributed by atoms with Crippen molar-refractivity contribution in [1.29, 1.82) is 5.26 Å². The minimum absolute atomic E-state index is 0.235. The molecule has 17 heavy (non-hydrogen) atoms. The Hall–Kier alpha value is -1.67. The van der Waals surface area contributed by atoms with Crippen molar-refractivity contribution in [3.8, 4) is 11.9 Å². The fraction of sp³-hybridized carbons (Fsp3) is 0.333. The molecule has 0 unspecified atom stereocenters. The lowest BCUT2D eigenvalue weighted by Crippen LogP contribution is -2.12. The molecule has 1 aromatic carbocycles. The Bertz CT molecular complexity index is 463. The number of rotatable bonds is 2. The number of benzene rings is 1. The summed E-state index contributed by atoms with van der Waals surface area (Å²) >= 11 is 1.34. The maximum absolute atomic E-state index is 9.82. The van der Waals surface area contributed by atoms with Gasteiger partial charge in [-0.05, 0) is 23.8 Å². The number of aromatic hydroxyl groups is 1. The van der Waals surface area contributed by atoms with Gasteiger partial charge in [0.15, 0.2) is 11.4 Å². The molecule has 90 valence electrons. The summed E-state index contributed by atoms with van der Waals surface area (Å²) in [5, 5.41) is 21.3. The number of nitriles is 1. The molecular weight excluding hydrogens is 234 g/mol. The van der Waals surface area contributed by atoms with E-state index in [9.17, 15) is 5.11 Å². The van der Waals surface area contributed by atoms with Gasteiger partial charge in [0.25, 0.3) is 0 Å². The van der Waals surface area contributed by atoms with Crippen molar-refractivity contribution in [3.05, 3.63) is 23.8 Å². The van der Waals surface area contributed by atoms with E-state index in [1.54, 1.807) is 6.07 Å². The average Bonchev–Trinajstić information content (AvgIpc) is 2.28. The lowest BCUT2D eigenvalue weighted by Gasteiger charge is -2.08. The molecule has 0 bridgehead atoms. The molecule has 4 nitrogen and oxygen atoms in total. The van der Waals surface area contributed by atoms with Crippen LogP contribution >= 0.6 is 11.8 Å². The first-order valence-corrected chi connectivity index (χ1v) is 6.41. The zero-order valence-electron chi connectivity index (χ0n) is 10.1. The summed E-state index contributed by atoms with van der Waals surface area (Å²) in [5.41, 5.74) is 1.52. The third kappa shape index (κ3) is 3.68. The van der Waals surface area contributed by atoms with Gasteiger partial charge in [0.05, 0.1) is 5.69 Å². The van der Waals surface area contributed by atoms with Crippen LogP contribution in [0.15, 0.2) is 23.2 Å². The highest BCUT2D eigenvalue weighted by Crippen LogP contribution is 2.29. The summed E-state index contributed by atoms with van der Waals surface area (Å²) < 4.78 is 0. The van der Waals surface area contributed by atoms with Crippen LogP contribution in [0.1, 0.15) is 25.3 Å². The minimum Gasteiger partial charge on any atom is -0.508 e.